The quantitative estimate of drug-likeness (QED) is 0.367. The number of benzene rings is 1. The van der Waals surface area contributed by atoms with Gasteiger partial charge in [-0.05, 0) is 65.4 Å². The summed E-state index contributed by atoms with van der Waals surface area (Å²) in [5.41, 5.74) is 1.44. The van der Waals surface area contributed by atoms with Crippen LogP contribution in [0.5, 0.6) is 0 Å². The lowest BCUT2D eigenvalue weighted by molar-refractivity contribution is 0.114. The van der Waals surface area contributed by atoms with Crippen molar-refractivity contribution in [2.24, 2.45) is 4.99 Å². The normalized spacial score (nSPS) is 24.8. The molecule has 0 amide bonds. The van der Waals surface area contributed by atoms with Crippen LogP contribution in [0.4, 0.5) is 0 Å². The van der Waals surface area contributed by atoms with Crippen LogP contribution in [-0.4, -0.2) is 66.1 Å². The maximum atomic E-state index is 4.49. The largest absolute Gasteiger partial charge is 0.356 e. The highest BCUT2D eigenvalue weighted by molar-refractivity contribution is 5.79. The van der Waals surface area contributed by atoms with E-state index in [2.05, 4.69) is 83.5 Å². The first-order valence-electron chi connectivity index (χ1n) is 12.0. The molecule has 2 atom stereocenters. The van der Waals surface area contributed by atoms with E-state index in [-0.39, 0.29) is 0 Å². The van der Waals surface area contributed by atoms with Crippen LogP contribution in [0.25, 0.3) is 0 Å². The molecule has 2 aliphatic rings. The number of aliphatic imine (C=N–C) groups is 1. The van der Waals surface area contributed by atoms with Crippen molar-refractivity contribution in [2.75, 3.05) is 20.1 Å². The van der Waals surface area contributed by atoms with E-state index < -0.39 is 0 Å². The minimum absolute atomic E-state index is 0.531. The third-order valence-electron chi connectivity index (χ3n) is 6.87. The number of rotatable bonds is 9. The van der Waals surface area contributed by atoms with Gasteiger partial charge < -0.3 is 10.6 Å². The lowest BCUT2D eigenvalue weighted by Crippen LogP contribution is -2.52. The Morgan fingerprint density at radius 1 is 1.07 bits per heavy atom. The van der Waals surface area contributed by atoms with Crippen molar-refractivity contribution in [3.05, 3.63) is 35.9 Å². The van der Waals surface area contributed by atoms with Crippen molar-refractivity contribution in [3.8, 4) is 0 Å². The Bertz CT molecular complexity index is 635. The van der Waals surface area contributed by atoms with Gasteiger partial charge in [-0.15, -0.1) is 0 Å². The third kappa shape index (κ3) is 6.21. The van der Waals surface area contributed by atoms with Gasteiger partial charge >= 0.3 is 0 Å². The van der Waals surface area contributed by atoms with Crippen molar-refractivity contribution in [2.45, 2.75) is 96.6 Å². The van der Waals surface area contributed by atoms with Gasteiger partial charge in [0.1, 0.15) is 0 Å². The van der Waals surface area contributed by atoms with Crippen molar-refractivity contribution in [3.63, 3.8) is 0 Å². The van der Waals surface area contributed by atoms with E-state index in [4.69, 9.17) is 0 Å². The van der Waals surface area contributed by atoms with Gasteiger partial charge in [0.05, 0.1) is 0 Å². The van der Waals surface area contributed by atoms with Gasteiger partial charge in [0.15, 0.2) is 5.96 Å². The van der Waals surface area contributed by atoms with Crippen LogP contribution in [0.2, 0.25) is 0 Å². The van der Waals surface area contributed by atoms with Gasteiger partial charge in [0.2, 0.25) is 0 Å². The van der Waals surface area contributed by atoms with E-state index in [1.807, 2.05) is 7.05 Å². The van der Waals surface area contributed by atoms with Gasteiger partial charge in [-0.3, -0.25) is 14.8 Å². The first kappa shape index (κ1) is 23.1. The molecule has 168 valence electrons. The summed E-state index contributed by atoms with van der Waals surface area (Å²) >= 11 is 0. The lowest BCUT2D eigenvalue weighted by Gasteiger charge is -2.39. The second-order valence-electron chi connectivity index (χ2n) is 9.63. The van der Waals surface area contributed by atoms with Crippen LogP contribution < -0.4 is 10.6 Å². The molecule has 0 spiro atoms. The molecular weight excluding hydrogens is 370 g/mol. The Morgan fingerprint density at radius 2 is 1.70 bits per heavy atom. The Hall–Kier alpha value is -1.59. The van der Waals surface area contributed by atoms with E-state index in [1.54, 1.807) is 0 Å². The smallest absolute Gasteiger partial charge is 0.191 e. The maximum Gasteiger partial charge on any atom is 0.191 e. The second kappa shape index (κ2) is 11.1. The molecule has 2 N–H and O–H groups in total. The molecule has 1 aromatic carbocycles. The highest BCUT2D eigenvalue weighted by Crippen LogP contribution is 2.36. The topological polar surface area (TPSA) is 42.9 Å². The Balaban J connectivity index is 1.43. The SMILES string of the molecule is CN=C(NCCCN(C(C)C)C(C)C)NC1CC2CCC(C1)N2Cc1ccccc1. The van der Waals surface area contributed by atoms with Crippen molar-refractivity contribution >= 4 is 5.96 Å². The molecule has 2 saturated heterocycles. The number of nitrogens with one attached hydrogen (secondary N) is 2. The average molecular weight is 414 g/mol. The molecular formula is C25H43N5. The molecule has 3 rings (SSSR count). The van der Waals surface area contributed by atoms with Crippen LogP contribution in [0.3, 0.4) is 0 Å². The summed E-state index contributed by atoms with van der Waals surface area (Å²) in [5.74, 6) is 0.969. The zero-order chi connectivity index (χ0) is 21.5. The fourth-order valence-electron chi connectivity index (χ4n) is 5.41. The van der Waals surface area contributed by atoms with Gasteiger partial charge in [-0.25, -0.2) is 0 Å². The number of guanidine groups is 1. The summed E-state index contributed by atoms with van der Waals surface area (Å²) in [5, 5.41) is 7.27. The van der Waals surface area contributed by atoms with E-state index in [0.29, 0.717) is 30.2 Å². The summed E-state index contributed by atoms with van der Waals surface area (Å²) in [7, 11) is 1.89. The number of nitrogens with zero attached hydrogens (tertiary/aromatic N) is 3. The second-order valence-corrected chi connectivity index (χ2v) is 9.63. The van der Waals surface area contributed by atoms with Gasteiger partial charge in [0, 0.05) is 56.9 Å². The zero-order valence-corrected chi connectivity index (χ0v) is 19.8. The van der Waals surface area contributed by atoms with Crippen LogP contribution in [-0.2, 0) is 6.54 Å². The first-order chi connectivity index (χ1) is 14.5. The van der Waals surface area contributed by atoms with E-state index in [0.717, 1.165) is 32.0 Å². The van der Waals surface area contributed by atoms with Crippen LogP contribution >= 0.6 is 0 Å². The van der Waals surface area contributed by atoms with Gasteiger partial charge in [-0.1, -0.05) is 30.3 Å². The monoisotopic (exact) mass is 413 g/mol. The summed E-state index contributed by atoms with van der Waals surface area (Å²) in [6.07, 6.45) is 6.25. The average Bonchev–Trinajstić information content (AvgIpc) is 2.95. The van der Waals surface area contributed by atoms with Crippen LogP contribution in [0.15, 0.2) is 35.3 Å². The van der Waals surface area contributed by atoms with E-state index >= 15 is 0 Å². The number of piperidine rings is 1. The van der Waals surface area contributed by atoms with E-state index in [9.17, 15) is 0 Å². The molecule has 2 bridgehead atoms. The molecule has 0 aliphatic carbocycles. The van der Waals surface area contributed by atoms with E-state index in [1.165, 1.54) is 31.2 Å². The summed E-state index contributed by atoms with van der Waals surface area (Å²) < 4.78 is 0. The molecule has 0 saturated carbocycles. The molecule has 1 aromatic rings. The molecule has 2 heterocycles. The van der Waals surface area contributed by atoms with Gasteiger partial charge in [0.25, 0.3) is 0 Å². The third-order valence-corrected chi connectivity index (χ3v) is 6.87. The van der Waals surface area contributed by atoms with Crippen molar-refractivity contribution in [1.82, 2.24) is 20.4 Å². The summed E-state index contributed by atoms with van der Waals surface area (Å²) in [6, 6.07) is 14.1. The number of fused-ring (bicyclic) bond motifs is 2. The highest BCUT2D eigenvalue weighted by Gasteiger charge is 2.40. The molecule has 5 heteroatoms. The summed E-state index contributed by atoms with van der Waals surface area (Å²) in [6.45, 7) is 12.3. The Kier molecular flexibility index (Phi) is 8.58. The fourth-order valence-corrected chi connectivity index (χ4v) is 5.41. The number of hydrogen-bond donors (Lipinski definition) is 2. The van der Waals surface area contributed by atoms with Crippen molar-refractivity contribution in [1.29, 1.82) is 0 Å². The standard InChI is InChI=1S/C25H43N5/c1-19(2)29(20(3)4)15-9-14-27-25(26-5)28-22-16-23-12-13-24(17-22)30(23)18-21-10-7-6-8-11-21/h6-8,10-11,19-20,22-24H,9,12-18H2,1-5H3,(H2,26,27,28). The molecule has 0 aromatic heterocycles. The predicted octanol–water partition coefficient (Wildman–Crippen LogP) is 3.86. The molecule has 0 radical (unpaired) electrons. The Labute approximate surface area is 184 Å². The Morgan fingerprint density at radius 3 is 2.27 bits per heavy atom. The zero-order valence-electron chi connectivity index (χ0n) is 19.8. The lowest BCUT2D eigenvalue weighted by atomic mass is 9.96. The maximum absolute atomic E-state index is 4.49. The molecule has 5 nitrogen and oxygen atoms in total. The summed E-state index contributed by atoms with van der Waals surface area (Å²) in [4.78, 5) is 9.79. The van der Waals surface area contributed by atoms with Crippen LogP contribution in [0, 0.1) is 0 Å². The molecule has 2 fully saturated rings. The fraction of sp³-hybridized carbons (Fsp3) is 0.720. The minimum Gasteiger partial charge on any atom is -0.356 e. The first-order valence-corrected chi connectivity index (χ1v) is 12.0. The molecule has 2 aliphatic heterocycles. The van der Waals surface area contributed by atoms with Crippen LogP contribution in [0.1, 0.15) is 65.4 Å². The molecule has 2 unspecified atom stereocenters. The van der Waals surface area contributed by atoms with Crippen molar-refractivity contribution < 1.29 is 0 Å². The minimum atomic E-state index is 0.531. The van der Waals surface area contributed by atoms with Gasteiger partial charge in [-0.2, -0.15) is 0 Å². The molecule has 30 heavy (non-hydrogen) atoms. The number of hydrogen-bond acceptors (Lipinski definition) is 3. The highest BCUT2D eigenvalue weighted by atomic mass is 15.3. The predicted molar refractivity (Wildman–Crippen MR) is 128 cm³/mol.